The molecule has 63 heavy (non-hydrogen) atoms. The van der Waals surface area contributed by atoms with E-state index in [1.807, 2.05) is 76.9 Å². The second-order valence-electron chi connectivity index (χ2n) is 17.9. The van der Waals surface area contributed by atoms with Crippen molar-refractivity contribution in [1.29, 1.82) is 0 Å². The first-order chi connectivity index (χ1) is 29.8. The highest BCUT2D eigenvalue weighted by atomic mass is 16.5. The van der Waals surface area contributed by atoms with E-state index in [4.69, 9.17) is 9.47 Å². The fraction of sp³-hybridized carbons (Fsp3) is 0.617. The molecule has 1 aromatic heterocycles. The Bertz CT molecular complexity index is 1970. The van der Waals surface area contributed by atoms with E-state index in [-0.39, 0.29) is 66.8 Å². The van der Waals surface area contributed by atoms with Gasteiger partial charge in [-0.15, -0.1) is 0 Å². The van der Waals surface area contributed by atoms with Crippen molar-refractivity contribution in [1.82, 2.24) is 30.3 Å². The summed E-state index contributed by atoms with van der Waals surface area (Å²) in [4.78, 5) is 101. The Morgan fingerprint density at radius 2 is 1.65 bits per heavy atom. The highest BCUT2D eigenvalue weighted by Crippen LogP contribution is 2.31. The van der Waals surface area contributed by atoms with Gasteiger partial charge < -0.3 is 25.0 Å². The number of unbranched alkanes of at least 4 members (excludes halogenated alkanes) is 2. The van der Waals surface area contributed by atoms with Crippen LogP contribution in [0.25, 0.3) is 10.9 Å². The van der Waals surface area contributed by atoms with Crippen LogP contribution >= 0.6 is 0 Å². The SMILES string of the molecule is CC[C@H](C)[C@@H]([C@@H](CC(=O)N1CCC[C@H]1[C@H](OC)[C@@H](C)C(=O)Nc1ccc2ncccc2c1)OC)N(C)[C@H](C(=O)NC(=O)C(C)(C)NC(=O)CCCCCN1C(=O)C=CC1=O)C(C)C. The van der Waals surface area contributed by atoms with E-state index in [0.717, 1.165) is 28.6 Å². The van der Waals surface area contributed by atoms with Crippen molar-refractivity contribution in [3.05, 3.63) is 48.7 Å². The number of nitrogens with zero attached hydrogens (tertiary/aromatic N) is 4. The standard InChI is InChI=1S/C47H69N7O9/c1-11-30(4)42(52(8)41(29(2)3)45(60)50-46(61)47(6,7)51-37(55)19-13-12-14-25-54-38(56)22-23-39(54)57)36(62-9)28-40(58)53-26-16-18-35(53)43(63-10)31(5)44(59)49-33-20-21-34-32(27-33)17-15-24-48-34/h15,17,20-24,27,29-31,35-36,41-43H,11-14,16,18-19,25-26,28H2,1-10H3,(H,49,59)(H,51,55)(H,50,60,61)/t30-,31+,35-,36+,41-,42-,43+/m0/s1. The molecule has 0 bridgehead atoms. The van der Waals surface area contributed by atoms with Crippen LogP contribution in [-0.4, -0.2) is 131 Å². The zero-order valence-electron chi connectivity index (χ0n) is 38.8. The van der Waals surface area contributed by atoms with E-state index in [9.17, 15) is 33.6 Å². The highest BCUT2D eigenvalue weighted by Gasteiger charge is 2.44. The van der Waals surface area contributed by atoms with Crippen LogP contribution in [-0.2, 0) is 43.0 Å². The Kier molecular flexibility index (Phi) is 18.5. The molecule has 0 saturated carbocycles. The van der Waals surface area contributed by atoms with Gasteiger partial charge in [-0.1, -0.05) is 53.5 Å². The van der Waals surface area contributed by atoms with Gasteiger partial charge in [-0.05, 0) is 82.7 Å². The lowest BCUT2D eigenvalue weighted by Gasteiger charge is -2.43. The van der Waals surface area contributed by atoms with E-state index in [0.29, 0.717) is 37.9 Å². The van der Waals surface area contributed by atoms with E-state index in [1.165, 1.54) is 26.0 Å². The Labute approximate surface area is 372 Å². The van der Waals surface area contributed by atoms with E-state index in [2.05, 4.69) is 20.9 Å². The molecule has 346 valence electrons. The van der Waals surface area contributed by atoms with Crippen molar-refractivity contribution in [3.63, 3.8) is 0 Å². The van der Waals surface area contributed by atoms with Crippen LogP contribution in [0.4, 0.5) is 5.69 Å². The summed E-state index contributed by atoms with van der Waals surface area (Å²) in [6.45, 7) is 13.5. The van der Waals surface area contributed by atoms with Crippen LogP contribution < -0.4 is 16.0 Å². The number of carbonyl (C=O) groups excluding carboxylic acids is 7. The lowest BCUT2D eigenvalue weighted by atomic mass is 9.87. The van der Waals surface area contributed by atoms with Crippen molar-refractivity contribution in [2.24, 2.45) is 17.8 Å². The average Bonchev–Trinajstić information content (AvgIpc) is 3.85. The Morgan fingerprint density at radius 1 is 0.952 bits per heavy atom. The smallest absolute Gasteiger partial charge is 0.253 e. The summed E-state index contributed by atoms with van der Waals surface area (Å²) in [6, 6.07) is 7.76. The minimum Gasteiger partial charge on any atom is -0.379 e. The molecule has 3 N–H and O–H groups in total. The molecule has 2 aliphatic heterocycles. The van der Waals surface area contributed by atoms with Crippen molar-refractivity contribution in [2.75, 3.05) is 39.7 Å². The van der Waals surface area contributed by atoms with Crippen molar-refractivity contribution < 1.29 is 43.0 Å². The Morgan fingerprint density at radius 3 is 2.29 bits per heavy atom. The fourth-order valence-corrected chi connectivity index (χ4v) is 8.94. The predicted molar refractivity (Wildman–Crippen MR) is 240 cm³/mol. The molecule has 7 atom stereocenters. The van der Waals surface area contributed by atoms with Crippen LogP contribution in [0.3, 0.4) is 0 Å². The number of rotatable bonds is 23. The highest BCUT2D eigenvalue weighted by molar-refractivity contribution is 6.12. The van der Waals surface area contributed by atoms with E-state index >= 15 is 0 Å². The number of anilines is 1. The summed E-state index contributed by atoms with van der Waals surface area (Å²) < 4.78 is 12.1. The predicted octanol–water partition coefficient (Wildman–Crippen LogP) is 4.61. The molecule has 4 rings (SSSR count). The molecule has 1 fully saturated rings. The maximum absolute atomic E-state index is 14.3. The monoisotopic (exact) mass is 876 g/mol. The number of nitrogens with one attached hydrogen (secondary N) is 3. The molecule has 2 aromatic rings. The van der Waals surface area contributed by atoms with Gasteiger partial charge >= 0.3 is 0 Å². The number of fused-ring (bicyclic) bond motifs is 1. The van der Waals surface area contributed by atoms with Crippen molar-refractivity contribution in [2.45, 2.75) is 136 Å². The van der Waals surface area contributed by atoms with Gasteiger partial charge in [0.25, 0.3) is 17.7 Å². The molecule has 0 unspecified atom stereocenters. The van der Waals surface area contributed by atoms with Crippen molar-refractivity contribution >= 4 is 57.9 Å². The first-order valence-electron chi connectivity index (χ1n) is 22.3. The topological polar surface area (TPSA) is 197 Å². The number of hydrogen-bond acceptors (Lipinski definition) is 11. The summed E-state index contributed by atoms with van der Waals surface area (Å²) >= 11 is 0. The Hall–Kier alpha value is -5.06. The zero-order valence-corrected chi connectivity index (χ0v) is 38.8. The number of imide groups is 2. The van der Waals surface area contributed by atoms with Gasteiger partial charge in [-0.3, -0.25) is 53.7 Å². The third kappa shape index (κ3) is 13.0. The molecule has 7 amide bonds. The van der Waals surface area contributed by atoms with Gasteiger partial charge in [0.15, 0.2) is 0 Å². The largest absolute Gasteiger partial charge is 0.379 e. The van der Waals surface area contributed by atoms with Gasteiger partial charge in [-0.2, -0.15) is 0 Å². The maximum atomic E-state index is 14.3. The quantitative estimate of drug-likeness (QED) is 0.104. The molecule has 3 heterocycles. The molecule has 16 nitrogen and oxygen atoms in total. The van der Waals surface area contributed by atoms with Crippen molar-refractivity contribution in [3.8, 4) is 0 Å². The minimum absolute atomic E-state index is 0.0185. The molecular weight excluding hydrogens is 807 g/mol. The molecule has 16 heteroatoms. The maximum Gasteiger partial charge on any atom is 0.253 e. The van der Waals surface area contributed by atoms with Crippen LogP contribution in [0.5, 0.6) is 0 Å². The van der Waals surface area contributed by atoms with Crippen LogP contribution in [0.15, 0.2) is 48.7 Å². The third-order valence-corrected chi connectivity index (χ3v) is 12.6. The normalized spacial score (nSPS) is 18.4. The summed E-state index contributed by atoms with van der Waals surface area (Å²) in [6.07, 6.45) is 6.90. The number of likely N-dealkylation sites (tertiary alicyclic amines) is 1. The number of pyridine rings is 1. The third-order valence-electron chi connectivity index (χ3n) is 12.6. The van der Waals surface area contributed by atoms with Gasteiger partial charge in [0, 0.05) is 69.2 Å². The molecular formula is C47H69N7O9. The number of likely N-dealkylation sites (N-methyl/N-ethyl adjacent to an activating group) is 1. The number of hydrogen-bond donors (Lipinski definition) is 3. The zero-order chi connectivity index (χ0) is 46.6. The molecule has 2 aliphatic rings. The van der Waals surface area contributed by atoms with E-state index < -0.39 is 47.6 Å². The summed E-state index contributed by atoms with van der Waals surface area (Å²) in [7, 11) is 4.93. The molecule has 1 saturated heterocycles. The van der Waals surface area contributed by atoms with Crippen LogP contribution in [0.1, 0.15) is 99.8 Å². The first-order valence-corrected chi connectivity index (χ1v) is 22.3. The first kappa shape index (κ1) is 50.6. The number of amides is 7. The average molecular weight is 876 g/mol. The second-order valence-corrected chi connectivity index (χ2v) is 17.9. The molecule has 0 spiro atoms. The van der Waals surface area contributed by atoms with E-state index in [1.54, 1.807) is 25.3 Å². The number of methoxy groups -OCH3 is 2. The molecule has 0 aliphatic carbocycles. The van der Waals surface area contributed by atoms with Gasteiger partial charge in [0.2, 0.25) is 23.6 Å². The Balaban J connectivity index is 1.38. The van der Waals surface area contributed by atoms with Gasteiger partial charge in [-0.25, -0.2) is 0 Å². The summed E-state index contributed by atoms with van der Waals surface area (Å²) in [5.41, 5.74) is 0.0520. The fourth-order valence-electron chi connectivity index (χ4n) is 8.94. The molecule has 1 aromatic carbocycles. The van der Waals surface area contributed by atoms with Crippen LogP contribution in [0, 0.1) is 17.8 Å². The molecule has 0 radical (unpaired) electrons. The number of benzene rings is 1. The van der Waals surface area contributed by atoms with Gasteiger partial charge in [0.05, 0.1) is 42.1 Å². The number of aromatic nitrogens is 1. The lowest BCUT2D eigenvalue weighted by molar-refractivity contribution is -0.144. The van der Waals surface area contributed by atoms with Crippen LogP contribution in [0.2, 0.25) is 0 Å². The number of carbonyl (C=O) groups is 7. The second kappa shape index (κ2) is 23.0. The summed E-state index contributed by atoms with van der Waals surface area (Å²) in [5, 5.41) is 9.20. The lowest BCUT2D eigenvalue weighted by Crippen LogP contribution is -2.62. The minimum atomic E-state index is -1.41. The number of ether oxygens (including phenoxy) is 2. The van der Waals surface area contributed by atoms with Gasteiger partial charge in [0.1, 0.15) is 5.54 Å². The summed E-state index contributed by atoms with van der Waals surface area (Å²) in [5.74, 6) is -3.50.